The lowest BCUT2D eigenvalue weighted by Gasteiger charge is -2.34. The number of piperidine rings is 1. The van der Waals surface area contributed by atoms with Crippen molar-refractivity contribution in [2.75, 3.05) is 13.1 Å². The van der Waals surface area contributed by atoms with Crippen LogP contribution in [0.1, 0.15) is 25.0 Å². The molecule has 0 radical (unpaired) electrons. The van der Waals surface area contributed by atoms with Gasteiger partial charge in [-0.15, -0.1) is 11.3 Å². The topological polar surface area (TPSA) is 55.3 Å². The van der Waals surface area contributed by atoms with E-state index < -0.39 is 0 Å². The van der Waals surface area contributed by atoms with E-state index in [1.165, 1.54) is 19.3 Å². The molecule has 1 aliphatic heterocycles. The summed E-state index contributed by atoms with van der Waals surface area (Å²) in [6, 6.07) is 4.36. The van der Waals surface area contributed by atoms with Crippen molar-refractivity contribution in [3.8, 4) is 10.8 Å². The van der Waals surface area contributed by atoms with Crippen molar-refractivity contribution < 1.29 is 4.42 Å². The molecule has 2 aromatic rings. The van der Waals surface area contributed by atoms with Gasteiger partial charge in [-0.3, -0.25) is 4.90 Å². The number of furan rings is 1. The van der Waals surface area contributed by atoms with Gasteiger partial charge in [-0.25, -0.2) is 4.98 Å². The van der Waals surface area contributed by atoms with Gasteiger partial charge in [-0.1, -0.05) is 6.42 Å². The van der Waals surface area contributed by atoms with Crippen LogP contribution in [0.4, 0.5) is 0 Å². The first-order valence-corrected chi connectivity index (χ1v) is 7.67. The van der Waals surface area contributed by atoms with Crippen molar-refractivity contribution in [1.29, 1.82) is 0 Å². The van der Waals surface area contributed by atoms with Crippen molar-refractivity contribution in [2.24, 2.45) is 5.73 Å². The number of thiazole rings is 1. The number of rotatable bonds is 4. The van der Waals surface area contributed by atoms with E-state index in [9.17, 15) is 0 Å². The molecule has 0 spiro atoms. The highest BCUT2D eigenvalue weighted by molar-refractivity contribution is 7.13. The second-order valence-corrected chi connectivity index (χ2v) is 5.84. The fraction of sp³-hybridized carbons (Fsp3) is 0.500. The molecule has 0 aromatic carbocycles. The van der Waals surface area contributed by atoms with Crippen LogP contribution in [0.5, 0.6) is 0 Å². The maximum atomic E-state index is 5.86. The molecule has 0 saturated carbocycles. The van der Waals surface area contributed by atoms with Crippen LogP contribution in [0.3, 0.4) is 0 Å². The SMILES string of the molecule is NCC1CCCCN1Cc1csc(-c2ccco2)n1. The van der Waals surface area contributed by atoms with Gasteiger partial charge in [0.25, 0.3) is 0 Å². The van der Waals surface area contributed by atoms with Crippen molar-refractivity contribution in [2.45, 2.75) is 31.8 Å². The van der Waals surface area contributed by atoms with E-state index in [0.29, 0.717) is 6.04 Å². The Balaban J connectivity index is 1.69. The van der Waals surface area contributed by atoms with Crippen molar-refractivity contribution in [3.63, 3.8) is 0 Å². The molecular formula is C14H19N3OS. The molecule has 2 N–H and O–H groups in total. The highest BCUT2D eigenvalue weighted by atomic mass is 32.1. The van der Waals surface area contributed by atoms with Crippen LogP contribution in [0, 0.1) is 0 Å². The third-order valence-corrected chi connectivity index (χ3v) is 4.58. The van der Waals surface area contributed by atoms with E-state index in [4.69, 9.17) is 10.2 Å². The summed E-state index contributed by atoms with van der Waals surface area (Å²) >= 11 is 1.64. The van der Waals surface area contributed by atoms with Gasteiger partial charge in [-0.2, -0.15) is 0 Å². The summed E-state index contributed by atoms with van der Waals surface area (Å²) in [7, 11) is 0. The van der Waals surface area contributed by atoms with E-state index in [1.54, 1.807) is 17.6 Å². The lowest BCUT2D eigenvalue weighted by atomic mass is 10.0. The largest absolute Gasteiger partial charge is 0.462 e. The molecule has 102 valence electrons. The lowest BCUT2D eigenvalue weighted by molar-refractivity contribution is 0.143. The Labute approximate surface area is 117 Å². The van der Waals surface area contributed by atoms with E-state index in [0.717, 1.165) is 36.1 Å². The van der Waals surface area contributed by atoms with Crippen LogP contribution in [0.2, 0.25) is 0 Å². The van der Waals surface area contributed by atoms with Crippen molar-refractivity contribution >= 4 is 11.3 Å². The zero-order valence-corrected chi connectivity index (χ0v) is 11.7. The number of likely N-dealkylation sites (tertiary alicyclic amines) is 1. The zero-order chi connectivity index (χ0) is 13.1. The van der Waals surface area contributed by atoms with Crippen LogP contribution in [0.25, 0.3) is 10.8 Å². The van der Waals surface area contributed by atoms with E-state index in [1.807, 2.05) is 12.1 Å². The number of hydrogen-bond acceptors (Lipinski definition) is 5. The first-order valence-electron chi connectivity index (χ1n) is 6.79. The predicted molar refractivity (Wildman–Crippen MR) is 76.9 cm³/mol. The third kappa shape index (κ3) is 2.88. The Hall–Kier alpha value is -1.17. The highest BCUT2D eigenvalue weighted by Gasteiger charge is 2.22. The molecule has 3 rings (SSSR count). The average Bonchev–Trinajstić information content (AvgIpc) is 3.09. The van der Waals surface area contributed by atoms with E-state index in [2.05, 4.69) is 15.3 Å². The highest BCUT2D eigenvalue weighted by Crippen LogP contribution is 2.26. The van der Waals surface area contributed by atoms with E-state index in [-0.39, 0.29) is 0 Å². The first-order chi connectivity index (χ1) is 9.36. The molecule has 0 bridgehead atoms. The quantitative estimate of drug-likeness (QED) is 0.933. The maximum Gasteiger partial charge on any atom is 0.162 e. The lowest BCUT2D eigenvalue weighted by Crippen LogP contribution is -2.43. The molecule has 0 amide bonds. The number of nitrogens with two attached hydrogens (primary N) is 1. The molecule has 0 aliphatic carbocycles. The molecule has 1 atom stereocenters. The van der Waals surface area contributed by atoms with Crippen LogP contribution in [0.15, 0.2) is 28.2 Å². The predicted octanol–water partition coefficient (Wildman–Crippen LogP) is 2.72. The summed E-state index contributed by atoms with van der Waals surface area (Å²) in [5.74, 6) is 0.852. The molecule has 5 heteroatoms. The van der Waals surface area contributed by atoms with Crippen LogP contribution in [-0.4, -0.2) is 29.0 Å². The van der Waals surface area contributed by atoms with Gasteiger partial charge >= 0.3 is 0 Å². The summed E-state index contributed by atoms with van der Waals surface area (Å²) < 4.78 is 5.38. The molecule has 1 saturated heterocycles. The first kappa shape index (κ1) is 12.8. The van der Waals surface area contributed by atoms with Crippen molar-refractivity contribution in [1.82, 2.24) is 9.88 Å². The normalized spacial score (nSPS) is 20.8. The Morgan fingerprint density at radius 1 is 1.47 bits per heavy atom. The minimum Gasteiger partial charge on any atom is -0.462 e. The van der Waals surface area contributed by atoms with Gasteiger partial charge in [0.05, 0.1) is 12.0 Å². The molecule has 19 heavy (non-hydrogen) atoms. The summed E-state index contributed by atoms with van der Waals surface area (Å²) in [5.41, 5.74) is 6.98. The number of nitrogens with zero attached hydrogens (tertiary/aromatic N) is 2. The second-order valence-electron chi connectivity index (χ2n) is 4.98. The molecule has 1 aliphatic rings. The standard InChI is InChI=1S/C14H19N3OS/c15-8-12-4-1-2-6-17(12)9-11-10-19-14(16-11)13-5-3-7-18-13/h3,5,7,10,12H,1-2,4,6,8-9,15H2. The second kappa shape index (κ2) is 5.86. The van der Waals surface area contributed by atoms with Gasteiger partial charge < -0.3 is 10.2 Å². The van der Waals surface area contributed by atoms with Crippen molar-refractivity contribution in [3.05, 3.63) is 29.5 Å². The molecule has 1 unspecified atom stereocenters. The molecular weight excluding hydrogens is 258 g/mol. The third-order valence-electron chi connectivity index (χ3n) is 3.67. The minimum absolute atomic E-state index is 0.516. The fourth-order valence-electron chi connectivity index (χ4n) is 2.64. The Bertz CT molecular complexity index is 509. The maximum absolute atomic E-state index is 5.86. The Morgan fingerprint density at radius 2 is 2.42 bits per heavy atom. The summed E-state index contributed by atoms with van der Waals surface area (Å²) in [6.45, 7) is 2.78. The Morgan fingerprint density at radius 3 is 3.21 bits per heavy atom. The number of hydrogen-bond donors (Lipinski definition) is 1. The average molecular weight is 277 g/mol. The fourth-order valence-corrected chi connectivity index (χ4v) is 3.41. The van der Waals surface area contributed by atoms with Gasteiger partial charge in [0, 0.05) is 24.5 Å². The van der Waals surface area contributed by atoms with Gasteiger partial charge in [0.15, 0.2) is 10.8 Å². The molecule has 3 heterocycles. The summed E-state index contributed by atoms with van der Waals surface area (Å²) in [5, 5.41) is 3.08. The van der Waals surface area contributed by atoms with Gasteiger partial charge in [0.2, 0.25) is 0 Å². The van der Waals surface area contributed by atoms with Gasteiger partial charge in [0.1, 0.15) is 0 Å². The van der Waals surface area contributed by atoms with E-state index >= 15 is 0 Å². The molecule has 4 nitrogen and oxygen atoms in total. The number of aromatic nitrogens is 1. The van der Waals surface area contributed by atoms with Crippen LogP contribution >= 0.6 is 11.3 Å². The minimum atomic E-state index is 0.516. The smallest absolute Gasteiger partial charge is 0.162 e. The summed E-state index contributed by atoms with van der Waals surface area (Å²) in [4.78, 5) is 7.12. The molecule has 2 aromatic heterocycles. The zero-order valence-electron chi connectivity index (χ0n) is 10.9. The molecule has 1 fully saturated rings. The Kier molecular flexibility index (Phi) is 3.96. The van der Waals surface area contributed by atoms with Gasteiger partial charge in [-0.05, 0) is 31.5 Å². The van der Waals surface area contributed by atoms with Crippen LogP contribution in [-0.2, 0) is 6.54 Å². The monoisotopic (exact) mass is 277 g/mol. The van der Waals surface area contributed by atoms with Crippen LogP contribution < -0.4 is 5.73 Å². The summed E-state index contributed by atoms with van der Waals surface area (Å²) in [6.07, 6.45) is 5.47.